The summed E-state index contributed by atoms with van der Waals surface area (Å²) < 4.78 is 0. The van der Waals surface area contributed by atoms with Gasteiger partial charge in [0.05, 0.1) is 22.6 Å². The standard InChI is InChI=1S/C22H17N3O3S/c26-20(14-29-13-15-5-4-10-23-12-15)24-16-6-3-7-17(11-16)25-21(27)18-8-1-2-9-19(18)22(25)28/h1-12H,13-14H2,(H,24,26). The number of nitrogens with zero attached hydrogens (tertiary/aromatic N) is 2. The molecular formula is C22H17N3O3S. The number of benzene rings is 2. The van der Waals surface area contributed by atoms with Gasteiger partial charge in [-0.3, -0.25) is 19.4 Å². The van der Waals surface area contributed by atoms with Crippen LogP contribution >= 0.6 is 11.8 Å². The number of fused-ring (bicyclic) bond motifs is 1. The molecule has 4 rings (SSSR count). The highest BCUT2D eigenvalue weighted by Gasteiger charge is 2.36. The van der Waals surface area contributed by atoms with Crippen LogP contribution in [-0.4, -0.2) is 28.5 Å². The molecule has 3 aromatic rings. The third-order valence-corrected chi connectivity index (χ3v) is 5.41. The van der Waals surface area contributed by atoms with Gasteiger partial charge in [-0.05, 0) is 42.0 Å². The maximum atomic E-state index is 12.6. The summed E-state index contributed by atoms with van der Waals surface area (Å²) in [5, 5.41) is 2.82. The fraction of sp³-hybridized carbons (Fsp3) is 0.0909. The third kappa shape index (κ3) is 4.05. The van der Waals surface area contributed by atoms with E-state index in [2.05, 4.69) is 10.3 Å². The molecule has 1 aliphatic rings. The molecule has 0 saturated heterocycles. The van der Waals surface area contributed by atoms with Crippen molar-refractivity contribution in [2.75, 3.05) is 16.0 Å². The lowest BCUT2D eigenvalue weighted by Crippen LogP contribution is -2.29. The minimum absolute atomic E-state index is 0.154. The summed E-state index contributed by atoms with van der Waals surface area (Å²) in [7, 11) is 0. The Hall–Kier alpha value is -3.45. The lowest BCUT2D eigenvalue weighted by Gasteiger charge is -2.15. The molecule has 0 spiro atoms. The van der Waals surface area contributed by atoms with E-state index in [1.165, 1.54) is 11.8 Å². The number of anilines is 2. The lowest BCUT2D eigenvalue weighted by molar-refractivity contribution is -0.113. The Bertz CT molecular complexity index is 1050. The van der Waals surface area contributed by atoms with Gasteiger partial charge in [-0.25, -0.2) is 4.90 Å². The molecule has 0 fully saturated rings. The van der Waals surface area contributed by atoms with Gasteiger partial charge in [-0.1, -0.05) is 24.3 Å². The quantitative estimate of drug-likeness (QED) is 0.634. The van der Waals surface area contributed by atoms with Gasteiger partial charge >= 0.3 is 0 Å². The molecule has 0 unspecified atom stereocenters. The van der Waals surface area contributed by atoms with Crippen molar-refractivity contribution in [3.63, 3.8) is 0 Å². The highest BCUT2D eigenvalue weighted by Crippen LogP contribution is 2.29. The molecule has 2 aromatic carbocycles. The Kier molecular flexibility index (Phi) is 5.39. The van der Waals surface area contributed by atoms with Crippen LogP contribution in [0.15, 0.2) is 73.1 Å². The van der Waals surface area contributed by atoms with Gasteiger partial charge in [0.25, 0.3) is 11.8 Å². The first-order valence-corrected chi connectivity index (χ1v) is 10.1. The van der Waals surface area contributed by atoms with Crippen molar-refractivity contribution >= 4 is 40.9 Å². The molecule has 29 heavy (non-hydrogen) atoms. The van der Waals surface area contributed by atoms with Gasteiger partial charge in [-0.15, -0.1) is 11.8 Å². The van der Waals surface area contributed by atoms with Gasteiger partial charge in [-0.2, -0.15) is 0 Å². The second kappa shape index (κ2) is 8.28. The third-order valence-electron chi connectivity index (χ3n) is 4.41. The molecule has 7 heteroatoms. The first-order chi connectivity index (χ1) is 14.1. The molecule has 1 aromatic heterocycles. The number of carbonyl (C=O) groups excluding carboxylic acids is 3. The van der Waals surface area contributed by atoms with Crippen LogP contribution < -0.4 is 10.2 Å². The minimum atomic E-state index is -0.360. The average Bonchev–Trinajstić information content (AvgIpc) is 3.00. The number of pyridine rings is 1. The molecule has 6 nitrogen and oxygen atoms in total. The van der Waals surface area contributed by atoms with Crippen molar-refractivity contribution < 1.29 is 14.4 Å². The van der Waals surface area contributed by atoms with Crippen molar-refractivity contribution in [1.82, 2.24) is 4.98 Å². The van der Waals surface area contributed by atoms with E-state index < -0.39 is 0 Å². The maximum Gasteiger partial charge on any atom is 0.266 e. The number of aromatic nitrogens is 1. The van der Waals surface area contributed by atoms with E-state index in [0.717, 1.165) is 10.5 Å². The van der Waals surface area contributed by atoms with Crippen LogP contribution in [0.3, 0.4) is 0 Å². The van der Waals surface area contributed by atoms with Crippen molar-refractivity contribution in [3.05, 3.63) is 89.7 Å². The van der Waals surface area contributed by atoms with E-state index in [1.807, 2.05) is 12.1 Å². The molecule has 0 radical (unpaired) electrons. The Morgan fingerprint density at radius 3 is 2.41 bits per heavy atom. The number of hydrogen-bond acceptors (Lipinski definition) is 5. The Morgan fingerprint density at radius 2 is 1.72 bits per heavy atom. The van der Waals surface area contributed by atoms with E-state index in [9.17, 15) is 14.4 Å². The largest absolute Gasteiger partial charge is 0.325 e. The minimum Gasteiger partial charge on any atom is -0.325 e. The van der Waals surface area contributed by atoms with Gasteiger partial charge in [0, 0.05) is 23.8 Å². The van der Waals surface area contributed by atoms with Gasteiger partial charge in [0.1, 0.15) is 0 Å². The van der Waals surface area contributed by atoms with Gasteiger partial charge < -0.3 is 5.32 Å². The molecule has 0 bridgehead atoms. The number of rotatable bonds is 6. The van der Waals surface area contributed by atoms with Crippen molar-refractivity contribution in [2.45, 2.75) is 5.75 Å². The SMILES string of the molecule is O=C(CSCc1cccnc1)Nc1cccc(N2C(=O)c3ccccc3C2=O)c1. The average molecular weight is 403 g/mol. The van der Waals surface area contributed by atoms with E-state index in [1.54, 1.807) is 60.9 Å². The highest BCUT2D eigenvalue weighted by molar-refractivity contribution is 7.99. The number of hydrogen-bond donors (Lipinski definition) is 1. The summed E-state index contributed by atoms with van der Waals surface area (Å²) in [4.78, 5) is 42.7. The normalized spacial score (nSPS) is 12.8. The summed E-state index contributed by atoms with van der Waals surface area (Å²) >= 11 is 1.48. The monoisotopic (exact) mass is 403 g/mol. The summed E-state index contributed by atoms with van der Waals surface area (Å²) in [5.41, 5.74) is 2.79. The molecule has 0 saturated carbocycles. The van der Waals surface area contributed by atoms with Crippen LogP contribution in [0.1, 0.15) is 26.3 Å². The Balaban J connectivity index is 1.41. The Labute approximate surface area is 172 Å². The zero-order valence-corrected chi connectivity index (χ0v) is 16.2. The number of carbonyl (C=O) groups is 3. The summed E-state index contributed by atoms with van der Waals surface area (Å²) in [5.74, 6) is 0.100. The lowest BCUT2D eigenvalue weighted by atomic mass is 10.1. The first-order valence-electron chi connectivity index (χ1n) is 8.98. The summed E-state index contributed by atoms with van der Waals surface area (Å²) in [6.07, 6.45) is 3.48. The number of thioether (sulfide) groups is 1. The molecule has 1 aliphatic heterocycles. The zero-order chi connectivity index (χ0) is 20.2. The fourth-order valence-electron chi connectivity index (χ4n) is 3.09. The molecule has 144 valence electrons. The van der Waals surface area contributed by atoms with Gasteiger partial charge in [0.2, 0.25) is 5.91 Å². The van der Waals surface area contributed by atoms with Crippen LogP contribution in [0.2, 0.25) is 0 Å². The van der Waals surface area contributed by atoms with E-state index >= 15 is 0 Å². The second-order valence-electron chi connectivity index (χ2n) is 6.44. The Morgan fingerprint density at radius 1 is 0.966 bits per heavy atom. The molecule has 0 aliphatic carbocycles. The van der Waals surface area contributed by atoms with Crippen LogP contribution in [-0.2, 0) is 10.5 Å². The van der Waals surface area contributed by atoms with E-state index in [0.29, 0.717) is 28.3 Å². The summed E-state index contributed by atoms with van der Waals surface area (Å²) in [6, 6.07) is 17.3. The topological polar surface area (TPSA) is 79.4 Å². The second-order valence-corrected chi connectivity index (χ2v) is 7.43. The zero-order valence-electron chi connectivity index (χ0n) is 15.4. The predicted molar refractivity (Wildman–Crippen MR) is 113 cm³/mol. The van der Waals surface area contributed by atoms with E-state index in [4.69, 9.17) is 0 Å². The van der Waals surface area contributed by atoms with Crippen LogP contribution in [0.4, 0.5) is 11.4 Å². The summed E-state index contributed by atoms with van der Waals surface area (Å²) in [6.45, 7) is 0. The molecular weight excluding hydrogens is 386 g/mol. The molecule has 0 atom stereocenters. The first kappa shape index (κ1) is 18.9. The van der Waals surface area contributed by atoms with Crippen molar-refractivity contribution in [1.29, 1.82) is 0 Å². The molecule has 3 amide bonds. The van der Waals surface area contributed by atoms with Crippen molar-refractivity contribution in [2.24, 2.45) is 0 Å². The van der Waals surface area contributed by atoms with Crippen LogP contribution in [0.5, 0.6) is 0 Å². The van der Waals surface area contributed by atoms with Crippen LogP contribution in [0, 0.1) is 0 Å². The number of amides is 3. The maximum absolute atomic E-state index is 12.6. The molecule has 2 heterocycles. The number of imide groups is 1. The van der Waals surface area contributed by atoms with Crippen molar-refractivity contribution in [3.8, 4) is 0 Å². The molecule has 1 N–H and O–H groups in total. The van der Waals surface area contributed by atoms with Gasteiger partial charge in [0.15, 0.2) is 0 Å². The highest BCUT2D eigenvalue weighted by atomic mass is 32.2. The fourth-order valence-corrected chi connectivity index (χ4v) is 3.85. The van der Waals surface area contributed by atoms with Crippen LogP contribution in [0.25, 0.3) is 0 Å². The smallest absolute Gasteiger partial charge is 0.266 e. The predicted octanol–water partition coefficient (Wildman–Crippen LogP) is 3.75. The van der Waals surface area contributed by atoms with E-state index in [-0.39, 0.29) is 23.5 Å². The number of nitrogens with one attached hydrogen (secondary N) is 1.